The molecule has 0 atom stereocenters. The molecule has 10 heteroatoms. The molecule has 0 saturated heterocycles. The Morgan fingerprint density at radius 2 is 2.05 bits per heavy atom. The van der Waals surface area contributed by atoms with Gasteiger partial charge in [0.1, 0.15) is 11.3 Å². The normalized spacial score (nSPS) is 11.6. The van der Waals surface area contributed by atoms with Crippen LogP contribution in [0.15, 0.2) is 6.20 Å². The number of ether oxygens (including phenoxy) is 2. The van der Waals surface area contributed by atoms with Crippen molar-refractivity contribution in [2.75, 3.05) is 7.11 Å². The van der Waals surface area contributed by atoms with E-state index in [9.17, 15) is 26.7 Å². The largest absolute Gasteiger partial charge is 0.573 e. The molecule has 1 aromatic heterocycles. The van der Waals surface area contributed by atoms with Crippen LogP contribution in [0.5, 0.6) is 5.75 Å². The average molecular weight is 300 g/mol. The molecule has 1 aromatic rings. The van der Waals surface area contributed by atoms with E-state index in [4.69, 9.17) is 5.73 Å². The first kappa shape index (κ1) is 16.1. The minimum absolute atomic E-state index is 0.208. The van der Waals surface area contributed by atoms with Gasteiger partial charge < -0.3 is 15.2 Å². The fraction of sp³-hybridized carbons (Fsp3) is 0.400. The predicted molar refractivity (Wildman–Crippen MR) is 55.1 cm³/mol. The van der Waals surface area contributed by atoms with Crippen LogP contribution in [0.3, 0.4) is 0 Å². The van der Waals surface area contributed by atoms with Gasteiger partial charge in [-0.25, -0.2) is 13.6 Å². The molecule has 0 radical (unpaired) electrons. The van der Waals surface area contributed by atoms with Gasteiger partial charge in [-0.3, -0.25) is 4.98 Å². The van der Waals surface area contributed by atoms with E-state index in [0.717, 1.165) is 13.3 Å². The molecule has 1 rings (SSSR count). The third kappa shape index (κ3) is 3.53. The van der Waals surface area contributed by atoms with Crippen LogP contribution in [-0.2, 0) is 11.3 Å². The Morgan fingerprint density at radius 3 is 2.45 bits per heavy atom. The maximum atomic E-state index is 12.7. The van der Waals surface area contributed by atoms with E-state index in [1.165, 1.54) is 0 Å². The molecule has 112 valence electrons. The van der Waals surface area contributed by atoms with Gasteiger partial charge in [0, 0.05) is 18.3 Å². The summed E-state index contributed by atoms with van der Waals surface area (Å²) in [4.78, 5) is 14.6. The monoisotopic (exact) mass is 300 g/mol. The number of carbonyl (C=O) groups excluding carboxylic acids is 1. The Labute approximate surface area is 109 Å². The van der Waals surface area contributed by atoms with Gasteiger partial charge >= 0.3 is 12.3 Å². The Kier molecular flexibility index (Phi) is 4.82. The van der Waals surface area contributed by atoms with E-state index in [2.05, 4.69) is 14.5 Å². The number of aromatic nitrogens is 1. The maximum Gasteiger partial charge on any atom is 0.573 e. The molecule has 0 amide bonds. The van der Waals surface area contributed by atoms with Gasteiger partial charge in [-0.15, -0.1) is 13.2 Å². The van der Waals surface area contributed by atoms with Crippen LogP contribution in [0, 0.1) is 0 Å². The minimum Gasteiger partial charge on any atom is -0.465 e. The van der Waals surface area contributed by atoms with Gasteiger partial charge in [0.15, 0.2) is 5.75 Å². The first-order chi connectivity index (χ1) is 9.21. The zero-order valence-electron chi connectivity index (χ0n) is 10.0. The predicted octanol–water partition coefficient (Wildman–Crippen LogP) is 2.16. The number of alkyl halides is 5. The second kappa shape index (κ2) is 5.99. The number of halogens is 5. The Hall–Kier alpha value is -1.97. The Morgan fingerprint density at radius 1 is 1.45 bits per heavy atom. The van der Waals surface area contributed by atoms with Crippen molar-refractivity contribution >= 4 is 5.97 Å². The van der Waals surface area contributed by atoms with Crippen LogP contribution in [0.4, 0.5) is 22.0 Å². The summed E-state index contributed by atoms with van der Waals surface area (Å²) >= 11 is 0. The van der Waals surface area contributed by atoms with E-state index < -0.39 is 42.3 Å². The van der Waals surface area contributed by atoms with Crippen LogP contribution in [0.1, 0.15) is 28.0 Å². The molecule has 0 unspecified atom stereocenters. The minimum atomic E-state index is -5.28. The lowest BCUT2D eigenvalue weighted by Crippen LogP contribution is -2.23. The number of pyridine rings is 1. The van der Waals surface area contributed by atoms with E-state index in [1.807, 2.05) is 0 Å². The number of nitrogens with zero attached hydrogens (tertiary/aromatic N) is 1. The van der Waals surface area contributed by atoms with Crippen molar-refractivity contribution in [3.63, 3.8) is 0 Å². The first-order valence-corrected chi connectivity index (χ1v) is 5.05. The summed E-state index contributed by atoms with van der Waals surface area (Å²) in [5.74, 6) is -2.68. The van der Waals surface area contributed by atoms with Crippen LogP contribution in [0.2, 0.25) is 0 Å². The molecule has 20 heavy (non-hydrogen) atoms. The molecule has 0 bridgehead atoms. The molecule has 0 aromatic carbocycles. The van der Waals surface area contributed by atoms with Crippen LogP contribution in [-0.4, -0.2) is 24.4 Å². The fourth-order valence-corrected chi connectivity index (χ4v) is 1.40. The third-order valence-electron chi connectivity index (χ3n) is 2.17. The van der Waals surface area contributed by atoms with E-state index in [0.29, 0.717) is 0 Å². The average Bonchev–Trinajstić information content (AvgIpc) is 2.34. The number of nitrogens with two attached hydrogens (primary N) is 1. The maximum absolute atomic E-state index is 12.7. The van der Waals surface area contributed by atoms with Crippen LogP contribution < -0.4 is 10.5 Å². The highest BCUT2D eigenvalue weighted by atomic mass is 19.4. The Balaban J connectivity index is 3.56. The lowest BCUT2D eigenvalue weighted by Gasteiger charge is -2.17. The lowest BCUT2D eigenvalue weighted by atomic mass is 10.1. The Bertz CT molecular complexity index is 504. The number of esters is 1. The highest BCUT2D eigenvalue weighted by Gasteiger charge is 2.37. The standard InChI is InChI=1S/C10H9F5N2O3/c1-19-9(18)5-4(2-16)3-17-6(8(11)12)7(5)20-10(13,14)15/h3,8H,2,16H2,1H3. The zero-order chi connectivity index (χ0) is 15.5. The van der Waals surface area contributed by atoms with Gasteiger partial charge in [0.2, 0.25) is 0 Å². The molecular formula is C10H9F5N2O3. The summed E-state index contributed by atoms with van der Waals surface area (Å²) in [7, 11) is 0.877. The highest BCUT2D eigenvalue weighted by molar-refractivity contribution is 5.94. The van der Waals surface area contributed by atoms with Gasteiger partial charge in [-0.1, -0.05) is 0 Å². The number of hydrogen-bond donors (Lipinski definition) is 1. The number of rotatable bonds is 4. The topological polar surface area (TPSA) is 74.4 Å². The molecule has 0 fully saturated rings. The van der Waals surface area contributed by atoms with Crippen molar-refractivity contribution < 1.29 is 36.2 Å². The molecule has 0 spiro atoms. The van der Waals surface area contributed by atoms with Crippen LogP contribution in [0.25, 0.3) is 0 Å². The molecular weight excluding hydrogens is 291 g/mol. The number of hydrogen-bond acceptors (Lipinski definition) is 5. The van der Waals surface area contributed by atoms with Crippen molar-refractivity contribution in [2.45, 2.75) is 19.3 Å². The van der Waals surface area contributed by atoms with E-state index in [-0.39, 0.29) is 5.56 Å². The van der Waals surface area contributed by atoms with E-state index in [1.54, 1.807) is 0 Å². The van der Waals surface area contributed by atoms with Crippen molar-refractivity contribution in [3.8, 4) is 5.75 Å². The summed E-state index contributed by atoms with van der Waals surface area (Å²) in [6.45, 7) is -0.408. The van der Waals surface area contributed by atoms with Crippen molar-refractivity contribution in [1.82, 2.24) is 4.98 Å². The summed E-state index contributed by atoms with van der Waals surface area (Å²) < 4.78 is 70.0. The summed E-state index contributed by atoms with van der Waals surface area (Å²) in [5, 5.41) is 0. The summed E-state index contributed by atoms with van der Waals surface area (Å²) in [6.07, 6.45) is -7.87. The quantitative estimate of drug-likeness (QED) is 0.681. The second-order valence-corrected chi connectivity index (χ2v) is 3.42. The molecule has 1 heterocycles. The zero-order valence-corrected chi connectivity index (χ0v) is 10.0. The van der Waals surface area contributed by atoms with Crippen molar-refractivity contribution in [3.05, 3.63) is 23.0 Å². The first-order valence-electron chi connectivity index (χ1n) is 5.05. The second-order valence-electron chi connectivity index (χ2n) is 3.42. The molecule has 0 saturated carbocycles. The number of carbonyl (C=O) groups is 1. The van der Waals surface area contributed by atoms with Gasteiger partial charge in [-0.05, 0) is 0 Å². The van der Waals surface area contributed by atoms with Crippen molar-refractivity contribution in [1.29, 1.82) is 0 Å². The smallest absolute Gasteiger partial charge is 0.465 e. The summed E-state index contributed by atoms with van der Waals surface area (Å²) in [5.41, 5.74) is 2.88. The van der Waals surface area contributed by atoms with Gasteiger partial charge in [-0.2, -0.15) is 0 Å². The van der Waals surface area contributed by atoms with Gasteiger partial charge in [0.25, 0.3) is 6.43 Å². The lowest BCUT2D eigenvalue weighted by molar-refractivity contribution is -0.275. The van der Waals surface area contributed by atoms with Gasteiger partial charge in [0.05, 0.1) is 7.11 Å². The molecule has 0 aliphatic rings. The molecule has 0 aliphatic heterocycles. The fourth-order valence-electron chi connectivity index (χ4n) is 1.40. The third-order valence-corrected chi connectivity index (χ3v) is 2.17. The number of methoxy groups -OCH3 is 1. The highest BCUT2D eigenvalue weighted by Crippen LogP contribution is 2.36. The molecule has 0 aliphatic carbocycles. The van der Waals surface area contributed by atoms with Crippen LogP contribution >= 0.6 is 0 Å². The van der Waals surface area contributed by atoms with Crippen molar-refractivity contribution in [2.24, 2.45) is 5.73 Å². The summed E-state index contributed by atoms with van der Waals surface area (Å²) in [6, 6.07) is 0. The molecule has 5 nitrogen and oxygen atoms in total. The van der Waals surface area contributed by atoms with E-state index >= 15 is 0 Å². The SMILES string of the molecule is COC(=O)c1c(CN)cnc(C(F)F)c1OC(F)(F)F. The molecule has 2 N–H and O–H groups in total.